The van der Waals surface area contributed by atoms with Crippen molar-refractivity contribution in [3.05, 3.63) is 65.7 Å². The molecule has 17 heavy (non-hydrogen) atoms. The average Bonchev–Trinajstić information content (AvgIpc) is 2.40. The van der Waals surface area contributed by atoms with Crippen LogP contribution in [0.25, 0.3) is 0 Å². The smallest absolute Gasteiger partial charge is 0.255 e. The number of para-hydroxylation sites is 1. The fraction of sp³-hybridized carbons (Fsp3) is 0.0714. The van der Waals surface area contributed by atoms with Crippen LogP contribution in [-0.2, 0) is 5.88 Å². The van der Waals surface area contributed by atoms with E-state index >= 15 is 0 Å². The summed E-state index contributed by atoms with van der Waals surface area (Å²) in [6.45, 7) is 0. The monoisotopic (exact) mass is 245 g/mol. The summed E-state index contributed by atoms with van der Waals surface area (Å²) < 4.78 is 0. The minimum Gasteiger partial charge on any atom is -0.322 e. The van der Waals surface area contributed by atoms with Gasteiger partial charge < -0.3 is 5.32 Å². The quantitative estimate of drug-likeness (QED) is 0.822. The fourth-order valence-corrected chi connectivity index (χ4v) is 1.81. The van der Waals surface area contributed by atoms with Gasteiger partial charge in [0.15, 0.2) is 0 Å². The number of amides is 1. The number of anilines is 1. The standard InChI is InChI=1S/C14H12ClNO/c15-10-11-6-4-5-9-13(11)14(17)16-12-7-2-1-3-8-12/h1-9H,10H2,(H,16,17). The van der Waals surface area contributed by atoms with Crippen LogP contribution in [0.4, 0.5) is 5.69 Å². The van der Waals surface area contributed by atoms with E-state index in [2.05, 4.69) is 5.32 Å². The van der Waals surface area contributed by atoms with E-state index in [1.54, 1.807) is 6.07 Å². The van der Waals surface area contributed by atoms with Gasteiger partial charge in [0.25, 0.3) is 5.91 Å². The van der Waals surface area contributed by atoms with Gasteiger partial charge in [-0.25, -0.2) is 0 Å². The van der Waals surface area contributed by atoms with Crippen LogP contribution in [0.5, 0.6) is 0 Å². The van der Waals surface area contributed by atoms with Crippen LogP contribution in [0.2, 0.25) is 0 Å². The predicted octanol–water partition coefficient (Wildman–Crippen LogP) is 3.68. The second-order valence-corrected chi connectivity index (χ2v) is 3.88. The summed E-state index contributed by atoms with van der Waals surface area (Å²) in [5.41, 5.74) is 2.23. The van der Waals surface area contributed by atoms with E-state index in [0.29, 0.717) is 11.4 Å². The van der Waals surface area contributed by atoms with Crippen molar-refractivity contribution in [1.29, 1.82) is 0 Å². The van der Waals surface area contributed by atoms with Crippen LogP contribution in [0.15, 0.2) is 54.6 Å². The maximum absolute atomic E-state index is 12.0. The van der Waals surface area contributed by atoms with Gasteiger partial charge >= 0.3 is 0 Å². The molecule has 0 aromatic heterocycles. The molecule has 0 heterocycles. The normalized spacial score (nSPS) is 9.94. The third-order valence-corrected chi connectivity index (χ3v) is 2.73. The second-order valence-electron chi connectivity index (χ2n) is 3.61. The third kappa shape index (κ3) is 2.86. The highest BCUT2D eigenvalue weighted by Gasteiger charge is 2.09. The summed E-state index contributed by atoms with van der Waals surface area (Å²) in [4.78, 5) is 12.0. The van der Waals surface area contributed by atoms with Crippen molar-refractivity contribution in [3.8, 4) is 0 Å². The first-order chi connectivity index (χ1) is 8.31. The molecule has 0 spiro atoms. The fourth-order valence-electron chi connectivity index (χ4n) is 1.58. The summed E-state index contributed by atoms with van der Waals surface area (Å²) in [5, 5.41) is 2.84. The van der Waals surface area contributed by atoms with E-state index < -0.39 is 0 Å². The first-order valence-corrected chi connectivity index (χ1v) is 5.85. The van der Waals surface area contributed by atoms with Crippen molar-refractivity contribution in [2.75, 3.05) is 5.32 Å². The lowest BCUT2D eigenvalue weighted by molar-refractivity contribution is 0.102. The van der Waals surface area contributed by atoms with E-state index in [4.69, 9.17) is 11.6 Å². The van der Waals surface area contributed by atoms with Crippen LogP contribution < -0.4 is 5.32 Å². The van der Waals surface area contributed by atoms with Crippen molar-refractivity contribution in [2.24, 2.45) is 0 Å². The first-order valence-electron chi connectivity index (χ1n) is 5.31. The molecule has 2 aromatic carbocycles. The summed E-state index contributed by atoms with van der Waals surface area (Å²) >= 11 is 5.80. The molecule has 86 valence electrons. The highest BCUT2D eigenvalue weighted by molar-refractivity contribution is 6.18. The summed E-state index contributed by atoms with van der Waals surface area (Å²) in [7, 11) is 0. The maximum atomic E-state index is 12.0. The molecule has 0 saturated heterocycles. The zero-order chi connectivity index (χ0) is 12.1. The number of carbonyl (C=O) groups is 1. The highest BCUT2D eigenvalue weighted by Crippen LogP contribution is 2.14. The number of carbonyl (C=O) groups excluding carboxylic acids is 1. The number of nitrogens with one attached hydrogen (secondary N) is 1. The molecule has 0 bridgehead atoms. The molecule has 2 aromatic rings. The van der Waals surface area contributed by atoms with Crippen molar-refractivity contribution in [3.63, 3.8) is 0 Å². The second kappa shape index (κ2) is 5.51. The van der Waals surface area contributed by atoms with Crippen LogP contribution in [0, 0.1) is 0 Å². The number of rotatable bonds is 3. The van der Waals surface area contributed by atoms with E-state index in [9.17, 15) is 4.79 Å². The minimum absolute atomic E-state index is 0.132. The Bertz CT molecular complexity index is 511. The van der Waals surface area contributed by atoms with E-state index in [0.717, 1.165) is 11.3 Å². The Balaban J connectivity index is 2.20. The molecule has 2 nitrogen and oxygen atoms in total. The molecule has 0 radical (unpaired) electrons. The van der Waals surface area contributed by atoms with Crippen LogP contribution in [-0.4, -0.2) is 5.91 Å². The Morgan fingerprint density at radius 1 is 1.00 bits per heavy atom. The third-order valence-electron chi connectivity index (χ3n) is 2.44. The Morgan fingerprint density at radius 2 is 1.65 bits per heavy atom. The van der Waals surface area contributed by atoms with Crippen LogP contribution in [0.3, 0.4) is 0 Å². The Hall–Kier alpha value is -1.80. The highest BCUT2D eigenvalue weighted by atomic mass is 35.5. The Kier molecular flexibility index (Phi) is 3.78. The molecule has 1 amide bonds. The number of benzene rings is 2. The van der Waals surface area contributed by atoms with Crippen LogP contribution in [0.1, 0.15) is 15.9 Å². The molecule has 3 heteroatoms. The van der Waals surface area contributed by atoms with Gasteiger partial charge in [-0.2, -0.15) is 0 Å². The summed E-state index contributed by atoms with van der Waals surface area (Å²) in [6, 6.07) is 16.7. The van der Waals surface area contributed by atoms with E-state index in [-0.39, 0.29) is 5.91 Å². The number of hydrogen-bond donors (Lipinski definition) is 1. The van der Waals surface area contributed by atoms with Gasteiger partial charge in [0, 0.05) is 17.1 Å². The van der Waals surface area contributed by atoms with Gasteiger partial charge in [-0.15, -0.1) is 11.6 Å². The van der Waals surface area contributed by atoms with Gasteiger partial charge in [0.1, 0.15) is 0 Å². The Morgan fingerprint density at radius 3 is 2.35 bits per heavy atom. The zero-order valence-corrected chi connectivity index (χ0v) is 9.95. The molecular weight excluding hydrogens is 234 g/mol. The Labute approximate surface area is 105 Å². The van der Waals surface area contributed by atoms with Crippen molar-refractivity contribution in [1.82, 2.24) is 0 Å². The molecule has 0 atom stereocenters. The largest absolute Gasteiger partial charge is 0.322 e. The van der Waals surface area contributed by atoms with Gasteiger partial charge in [0.05, 0.1) is 0 Å². The van der Waals surface area contributed by atoms with Crippen molar-refractivity contribution in [2.45, 2.75) is 5.88 Å². The minimum atomic E-state index is -0.132. The average molecular weight is 246 g/mol. The van der Waals surface area contributed by atoms with Crippen molar-refractivity contribution < 1.29 is 4.79 Å². The molecule has 0 fully saturated rings. The SMILES string of the molecule is O=C(Nc1ccccc1)c1ccccc1CCl. The molecule has 0 aliphatic rings. The summed E-state index contributed by atoms with van der Waals surface area (Å²) in [6.07, 6.45) is 0. The molecule has 0 unspecified atom stereocenters. The molecule has 2 rings (SSSR count). The van der Waals surface area contributed by atoms with Gasteiger partial charge in [-0.3, -0.25) is 4.79 Å². The molecular formula is C14H12ClNO. The number of hydrogen-bond acceptors (Lipinski definition) is 1. The van der Waals surface area contributed by atoms with Gasteiger partial charge in [0.2, 0.25) is 0 Å². The number of alkyl halides is 1. The topological polar surface area (TPSA) is 29.1 Å². The lowest BCUT2D eigenvalue weighted by Crippen LogP contribution is -2.13. The van der Waals surface area contributed by atoms with Gasteiger partial charge in [-0.1, -0.05) is 36.4 Å². The molecule has 0 aliphatic heterocycles. The molecule has 1 N–H and O–H groups in total. The first kappa shape index (κ1) is 11.7. The van der Waals surface area contributed by atoms with Crippen molar-refractivity contribution >= 4 is 23.2 Å². The van der Waals surface area contributed by atoms with E-state index in [1.165, 1.54) is 0 Å². The molecule has 0 aliphatic carbocycles. The zero-order valence-electron chi connectivity index (χ0n) is 9.19. The lowest BCUT2D eigenvalue weighted by atomic mass is 10.1. The molecule has 0 saturated carbocycles. The summed E-state index contributed by atoms with van der Waals surface area (Å²) in [5.74, 6) is 0.200. The predicted molar refractivity (Wildman–Crippen MR) is 70.4 cm³/mol. The van der Waals surface area contributed by atoms with Gasteiger partial charge in [-0.05, 0) is 23.8 Å². The number of halogens is 1. The van der Waals surface area contributed by atoms with Crippen LogP contribution >= 0.6 is 11.6 Å². The lowest BCUT2D eigenvalue weighted by Gasteiger charge is -2.08. The van der Waals surface area contributed by atoms with E-state index in [1.807, 2.05) is 48.5 Å². The maximum Gasteiger partial charge on any atom is 0.255 e.